The van der Waals surface area contributed by atoms with Crippen LogP contribution in [0, 0.1) is 11.2 Å². The molecular weight excluding hydrogens is 393 g/mol. The van der Waals surface area contributed by atoms with Crippen molar-refractivity contribution in [3.05, 3.63) is 81.8 Å². The van der Waals surface area contributed by atoms with Gasteiger partial charge in [0.15, 0.2) is 11.5 Å². The summed E-state index contributed by atoms with van der Waals surface area (Å²) in [7, 11) is 0. The van der Waals surface area contributed by atoms with Gasteiger partial charge in [0.05, 0.1) is 11.6 Å². The molecule has 1 aliphatic rings. The molecule has 2 aromatic rings. The van der Waals surface area contributed by atoms with Crippen molar-refractivity contribution in [2.75, 3.05) is 6.54 Å². The third kappa shape index (κ3) is 4.35. The number of Topliss-reactive ketones (excluding diaryl/α,β-unsaturated/α-hetero) is 1. The van der Waals surface area contributed by atoms with Crippen LogP contribution in [-0.2, 0) is 16.0 Å². The van der Waals surface area contributed by atoms with Gasteiger partial charge in [-0.1, -0.05) is 56.6 Å². The summed E-state index contributed by atoms with van der Waals surface area (Å²) in [4.78, 5) is 27.4. The predicted octanol–water partition coefficient (Wildman–Crippen LogP) is 5.03. The maximum absolute atomic E-state index is 13.5. The van der Waals surface area contributed by atoms with E-state index in [1.807, 2.05) is 12.1 Å². The van der Waals surface area contributed by atoms with Crippen LogP contribution in [0.15, 0.2) is 59.9 Å². The molecule has 1 aliphatic heterocycles. The lowest BCUT2D eigenvalue weighted by Crippen LogP contribution is -2.34. The van der Waals surface area contributed by atoms with Crippen molar-refractivity contribution >= 4 is 23.3 Å². The maximum Gasteiger partial charge on any atom is 0.290 e. The number of nitrogens with zero attached hydrogens (tertiary/aromatic N) is 1. The largest absolute Gasteiger partial charge is 0.503 e. The van der Waals surface area contributed by atoms with Gasteiger partial charge in [0.2, 0.25) is 0 Å². The number of amides is 1. The standard InChI is InChI=1S/C23H23ClFNO3/c1-23(2,3)21(28)18-19(15-6-10-17(25)11-7-15)26(22(29)20(18)27)13-12-14-4-8-16(24)9-5-14/h4-11,19,27H,12-13H2,1-3H3. The van der Waals surface area contributed by atoms with Gasteiger partial charge >= 0.3 is 0 Å². The van der Waals surface area contributed by atoms with E-state index in [2.05, 4.69) is 0 Å². The molecule has 3 rings (SSSR count). The Hall–Kier alpha value is -2.66. The Labute approximate surface area is 174 Å². The van der Waals surface area contributed by atoms with Gasteiger partial charge in [-0.25, -0.2) is 4.39 Å². The van der Waals surface area contributed by atoms with Crippen LogP contribution in [0.1, 0.15) is 37.9 Å². The van der Waals surface area contributed by atoms with Crippen LogP contribution < -0.4 is 0 Å². The summed E-state index contributed by atoms with van der Waals surface area (Å²) in [5.41, 5.74) is 0.821. The lowest BCUT2D eigenvalue weighted by Gasteiger charge is -2.29. The summed E-state index contributed by atoms with van der Waals surface area (Å²) in [6.45, 7) is 5.49. The first kappa shape index (κ1) is 21.1. The first-order valence-electron chi connectivity index (χ1n) is 9.38. The van der Waals surface area contributed by atoms with Crippen LogP contribution in [-0.4, -0.2) is 28.2 Å². The van der Waals surface area contributed by atoms with E-state index in [1.165, 1.54) is 29.2 Å². The highest BCUT2D eigenvalue weighted by atomic mass is 35.5. The Morgan fingerprint density at radius 3 is 2.24 bits per heavy atom. The van der Waals surface area contributed by atoms with Crippen molar-refractivity contribution in [1.29, 1.82) is 0 Å². The molecule has 0 saturated heterocycles. The van der Waals surface area contributed by atoms with Gasteiger partial charge in [0, 0.05) is 17.0 Å². The minimum Gasteiger partial charge on any atom is -0.503 e. The lowest BCUT2D eigenvalue weighted by molar-refractivity contribution is -0.129. The first-order valence-corrected chi connectivity index (χ1v) is 9.76. The summed E-state index contributed by atoms with van der Waals surface area (Å²) in [5.74, 6) is -1.86. The summed E-state index contributed by atoms with van der Waals surface area (Å²) in [6, 6.07) is 12.1. The van der Waals surface area contributed by atoms with E-state index in [1.54, 1.807) is 32.9 Å². The molecule has 0 aromatic heterocycles. The number of hydrogen-bond acceptors (Lipinski definition) is 3. The van der Waals surface area contributed by atoms with Gasteiger partial charge in [-0.05, 0) is 41.8 Å². The maximum atomic E-state index is 13.5. The summed E-state index contributed by atoms with van der Waals surface area (Å²) in [5, 5.41) is 11.2. The molecule has 6 heteroatoms. The van der Waals surface area contributed by atoms with Gasteiger partial charge < -0.3 is 10.0 Å². The summed E-state index contributed by atoms with van der Waals surface area (Å²) < 4.78 is 13.5. The molecule has 1 unspecified atom stereocenters. The zero-order valence-electron chi connectivity index (χ0n) is 16.6. The normalized spacial score (nSPS) is 17.2. The van der Waals surface area contributed by atoms with Crippen LogP contribution in [0.2, 0.25) is 5.02 Å². The fourth-order valence-electron chi connectivity index (χ4n) is 3.41. The van der Waals surface area contributed by atoms with Gasteiger partial charge in [0.1, 0.15) is 5.82 Å². The van der Waals surface area contributed by atoms with E-state index in [0.717, 1.165) is 5.56 Å². The van der Waals surface area contributed by atoms with Gasteiger partial charge in [-0.15, -0.1) is 0 Å². The average molecular weight is 416 g/mol. The number of hydrogen-bond donors (Lipinski definition) is 1. The third-order valence-corrected chi connectivity index (χ3v) is 5.22. The molecule has 0 radical (unpaired) electrons. The van der Waals surface area contributed by atoms with Crippen molar-refractivity contribution in [3.8, 4) is 0 Å². The Kier molecular flexibility index (Phi) is 5.80. The topological polar surface area (TPSA) is 57.6 Å². The number of carbonyl (C=O) groups excluding carboxylic acids is 2. The number of ketones is 1. The van der Waals surface area contributed by atoms with Crippen molar-refractivity contribution in [2.24, 2.45) is 5.41 Å². The molecular formula is C23H23ClFNO3. The molecule has 1 heterocycles. The number of carbonyl (C=O) groups is 2. The Bertz CT molecular complexity index is 959. The van der Waals surface area contributed by atoms with Crippen molar-refractivity contribution in [3.63, 3.8) is 0 Å². The minimum atomic E-state index is -0.784. The summed E-state index contributed by atoms with van der Waals surface area (Å²) >= 11 is 5.92. The van der Waals surface area contributed by atoms with Crippen LogP contribution in [0.5, 0.6) is 0 Å². The van der Waals surface area contributed by atoms with Gasteiger partial charge in [-0.2, -0.15) is 0 Å². The van der Waals surface area contributed by atoms with E-state index in [4.69, 9.17) is 11.6 Å². The Morgan fingerprint density at radius 2 is 1.69 bits per heavy atom. The second kappa shape index (κ2) is 7.99. The molecule has 1 amide bonds. The first-order chi connectivity index (χ1) is 13.6. The predicted molar refractivity (Wildman–Crippen MR) is 110 cm³/mol. The third-order valence-electron chi connectivity index (χ3n) is 4.97. The smallest absolute Gasteiger partial charge is 0.290 e. The highest BCUT2D eigenvalue weighted by molar-refractivity contribution is 6.30. The zero-order chi connectivity index (χ0) is 21.3. The molecule has 1 atom stereocenters. The average Bonchev–Trinajstić information content (AvgIpc) is 2.91. The van der Waals surface area contributed by atoms with Crippen molar-refractivity contribution < 1.29 is 19.1 Å². The van der Waals surface area contributed by atoms with E-state index in [9.17, 15) is 19.1 Å². The van der Waals surface area contributed by atoms with Crippen LogP contribution in [0.25, 0.3) is 0 Å². The molecule has 0 spiro atoms. The molecule has 0 fully saturated rings. The molecule has 0 saturated carbocycles. The Morgan fingerprint density at radius 1 is 1.10 bits per heavy atom. The Balaban J connectivity index is 1.98. The van der Waals surface area contributed by atoms with Gasteiger partial charge in [-0.3, -0.25) is 9.59 Å². The highest BCUT2D eigenvalue weighted by Crippen LogP contribution is 2.40. The monoisotopic (exact) mass is 415 g/mol. The van der Waals surface area contributed by atoms with Gasteiger partial charge in [0.25, 0.3) is 5.91 Å². The van der Waals surface area contributed by atoms with Crippen molar-refractivity contribution in [2.45, 2.75) is 33.2 Å². The number of aliphatic hydroxyl groups is 1. The second-order valence-electron chi connectivity index (χ2n) is 8.17. The molecule has 29 heavy (non-hydrogen) atoms. The van der Waals surface area contributed by atoms with E-state index in [0.29, 0.717) is 17.0 Å². The minimum absolute atomic E-state index is 0.0604. The second-order valence-corrected chi connectivity index (χ2v) is 8.61. The lowest BCUT2D eigenvalue weighted by atomic mass is 9.82. The molecule has 0 aliphatic carbocycles. The van der Waals surface area contributed by atoms with Crippen molar-refractivity contribution in [1.82, 2.24) is 4.90 Å². The number of halogens is 2. The highest BCUT2D eigenvalue weighted by Gasteiger charge is 2.45. The van der Waals surface area contributed by atoms with Crippen LogP contribution >= 0.6 is 11.6 Å². The van der Waals surface area contributed by atoms with Crippen LogP contribution in [0.4, 0.5) is 4.39 Å². The quantitative estimate of drug-likeness (QED) is 0.744. The van der Waals surface area contributed by atoms with E-state index in [-0.39, 0.29) is 17.9 Å². The van der Waals surface area contributed by atoms with Crippen LogP contribution in [0.3, 0.4) is 0 Å². The number of rotatable bonds is 5. The molecule has 1 N–H and O–H groups in total. The molecule has 152 valence electrons. The van der Waals surface area contributed by atoms with E-state index >= 15 is 0 Å². The van der Waals surface area contributed by atoms with E-state index < -0.39 is 28.9 Å². The molecule has 4 nitrogen and oxygen atoms in total. The zero-order valence-corrected chi connectivity index (χ0v) is 17.3. The molecule has 2 aromatic carbocycles. The number of aliphatic hydroxyl groups excluding tert-OH is 1. The fraction of sp³-hybridized carbons (Fsp3) is 0.304. The number of benzene rings is 2. The summed E-state index contributed by atoms with van der Waals surface area (Å²) in [6.07, 6.45) is 0.519. The molecule has 0 bridgehead atoms. The SMILES string of the molecule is CC(C)(C)C(=O)C1=C(O)C(=O)N(CCc2ccc(Cl)cc2)C1c1ccc(F)cc1. The fourth-order valence-corrected chi connectivity index (χ4v) is 3.54.